The summed E-state index contributed by atoms with van der Waals surface area (Å²) in [6, 6.07) is 5.00. The monoisotopic (exact) mass is 289 g/mol. The predicted octanol–water partition coefficient (Wildman–Crippen LogP) is 3.78. The van der Waals surface area contributed by atoms with E-state index in [1.165, 1.54) is 37.3 Å². The molecule has 0 aliphatic heterocycles. The van der Waals surface area contributed by atoms with Crippen molar-refractivity contribution < 1.29 is 14.6 Å². The Balaban J connectivity index is 1.97. The molecule has 4 nitrogen and oxygen atoms in total. The molecule has 104 valence electrons. The molecule has 0 radical (unpaired) electrons. The zero-order valence-electron chi connectivity index (χ0n) is 11.1. The molecule has 1 saturated carbocycles. The Labute approximate surface area is 121 Å². The first kappa shape index (κ1) is 13.1. The number of aromatic carboxylic acids is 1. The fourth-order valence-electron chi connectivity index (χ4n) is 2.27. The van der Waals surface area contributed by atoms with Crippen molar-refractivity contribution in [3.63, 3.8) is 0 Å². The van der Waals surface area contributed by atoms with Gasteiger partial charge >= 0.3 is 5.97 Å². The first-order chi connectivity index (χ1) is 9.67. The number of hydrogen-bond acceptors (Lipinski definition) is 4. The van der Waals surface area contributed by atoms with Gasteiger partial charge in [0.1, 0.15) is 10.8 Å². The van der Waals surface area contributed by atoms with Crippen molar-refractivity contribution >= 4 is 17.3 Å². The number of aromatic nitrogens is 1. The van der Waals surface area contributed by atoms with Gasteiger partial charge in [-0.2, -0.15) is 0 Å². The van der Waals surface area contributed by atoms with E-state index in [4.69, 9.17) is 9.84 Å². The summed E-state index contributed by atoms with van der Waals surface area (Å²) in [5.74, 6) is 0.229. The molecular formula is C15H15NO3S. The van der Waals surface area contributed by atoms with Crippen LogP contribution in [0.5, 0.6) is 5.75 Å². The number of carboxylic acids is 1. The third-order valence-corrected chi connectivity index (χ3v) is 4.88. The molecule has 5 heteroatoms. The van der Waals surface area contributed by atoms with Crippen molar-refractivity contribution in [2.75, 3.05) is 7.11 Å². The number of benzene rings is 1. The molecular weight excluding hydrogens is 274 g/mol. The quantitative estimate of drug-likeness (QED) is 0.930. The highest BCUT2D eigenvalue weighted by molar-refractivity contribution is 7.15. The van der Waals surface area contributed by atoms with Crippen LogP contribution in [0, 0.1) is 0 Å². The Hall–Kier alpha value is -1.88. The lowest BCUT2D eigenvalue weighted by Crippen LogP contribution is -2.06. The van der Waals surface area contributed by atoms with Crippen LogP contribution in [0.4, 0.5) is 0 Å². The number of nitrogens with zero attached hydrogens (tertiary/aromatic N) is 1. The third-order valence-electron chi connectivity index (χ3n) is 3.67. The number of ether oxygens (including phenoxy) is 1. The second kappa shape index (κ2) is 5.25. The first-order valence-electron chi connectivity index (χ1n) is 6.56. The van der Waals surface area contributed by atoms with Gasteiger partial charge in [-0.25, -0.2) is 9.78 Å². The van der Waals surface area contributed by atoms with Crippen LogP contribution in [0.15, 0.2) is 24.4 Å². The third kappa shape index (κ3) is 2.41. The van der Waals surface area contributed by atoms with Crippen LogP contribution in [0.3, 0.4) is 0 Å². The molecule has 1 fully saturated rings. The van der Waals surface area contributed by atoms with Gasteiger partial charge in [0.05, 0.1) is 12.7 Å². The maximum atomic E-state index is 11.1. The van der Waals surface area contributed by atoms with E-state index < -0.39 is 5.97 Å². The summed E-state index contributed by atoms with van der Waals surface area (Å²) < 4.78 is 5.17. The van der Waals surface area contributed by atoms with E-state index in [1.54, 1.807) is 17.4 Å². The molecule has 0 atom stereocenters. The second-order valence-corrected chi connectivity index (χ2v) is 6.01. The summed E-state index contributed by atoms with van der Waals surface area (Å²) in [7, 11) is 1.53. The SMILES string of the molecule is COc1cc(C(=O)O)cc(-c2ncc(C3CCC3)s2)c1. The van der Waals surface area contributed by atoms with Gasteiger partial charge in [-0.1, -0.05) is 6.42 Å². The highest BCUT2D eigenvalue weighted by atomic mass is 32.1. The Kier molecular flexibility index (Phi) is 3.44. The molecule has 1 aromatic carbocycles. The molecule has 1 aliphatic carbocycles. The van der Waals surface area contributed by atoms with E-state index in [0.717, 1.165) is 10.6 Å². The Morgan fingerprint density at radius 1 is 1.40 bits per heavy atom. The Morgan fingerprint density at radius 2 is 2.20 bits per heavy atom. The predicted molar refractivity (Wildman–Crippen MR) is 77.7 cm³/mol. The van der Waals surface area contributed by atoms with Gasteiger partial charge in [0.25, 0.3) is 0 Å². The molecule has 1 aliphatic rings. The number of hydrogen-bond donors (Lipinski definition) is 1. The molecule has 2 aromatic rings. The van der Waals surface area contributed by atoms with E-state index in [2.05, 4.69) is 4.98 Å². The minimum absolute atomic E-state index is 0.222. The van der Waals surface area contributed by atoms with Crippen molar-refractivity contribution in [3.8, 4) is 16.3 Å². The van der Waals surface area contributed by atoms with Crippen LogP contribution in [0.1, 0.15) is 40.4 Å². The van der Waals surface area contributed by atoms with Gasteiger partial charge < -0.3 is 9.84 Å². The molecule has 1 aromatic heterocycles. The van der Waals surface area contributed by atoms with E-state index >= 15 is 0 Å². The molecule has 0 unspecified atom stereocenters. The van der Waals surface area contributed by atoms with Crippen LogP contribution < -0.4 is 4.74 Å². The highest BCUT2D eigenvalue weighted by Crippen LogP contribution is 2.41. The fourth-order valence-corrected chi connectivity index (χ4v) is 3.34. The summed E-state index contributed by atoms with van der Waals surface area (Å²) >= 11 is 1.65. The number of carboxylic acid groups (broad SMARTS) is 1. The molecule has 0 amide bonds. The lowest BCUT2D eigenvalue weighted by molar-refractivity contribution is 0.0696. The Bertz CT molecular complexity index is 646. The van der Waals surface area contributed by atoms with Crippen molar-refractivity contribution in [2.45, 2.75) is 25.2 Å². The van der Waals surface area contributed by atoms with Crippen LogP contribution in [0.2, 0.25) is 0 Å². The lowest BCUT2D eigenvalue weighted by atomic mass is 9.85. The molecule has 0 saturated heterocycles. The van der Waals surface area contributed by atoms with Gasteiger partial charge in [-0.15, -0.1) is 11.3 Å². The minimum atomic E-state index is -0.957. The molecule has 0 spiro atoms. The smallest absolute Gasteiger partial charge is 0.335 e. The average Bonchev–Trinajstić information content (AvgIpc) is 2.85. The second-order valence-electron chi connectivity index (χ2n) is 4.95. The minimum Gasteiger partial charge on any atom is -0.497 e. The fraction of sp³-hybridized carbons (Fsp3) is 0.333. The van der Waals surface area contributed by atoms with E-state index in [-0.39, 0.29) is 5.56 Å². The number of thiazole rings is 1. The Morgan fingerprint density at radius 3 is 2.80 bits per heavy atom. The molecule has 20 heavy (non-hydrogen) atoms. The van der Waals surface area contributed by atoms with E-state index in [9.17, 15) is 4.79 Å². The summed E-state index contributed by atoms with van der Waals surface area (Å²) in [6.07, 6.45) is 5.68. The lowest BCUT2D eigenvalue weighted by Gasteiger charge is -2.23. The van der Waals surface area contributed by atoms with Gasteiger partial charge in [-0.05, 0) is 37.0 Å². The van der Waals surface area contributed by atoms with E-state index in [1.807, 2.05) is 12.3 Å². The number of carbonyl (C=O) groups is 1. The van der Waals surface area contributed by atoms with Crippen LogP contribution >= 0.6 is 11.3 Å². The molecule has 3 rings (SSSR count). The van der Waals surface area contributed by atoms with Crippen LogP contribution in [-0.4, -0.2) is 23.2 Å². The molecule has 0 bridgehead atoms. The average molecular weight is 289 g/mol. The highest BCUT2D eigenvalue weighted by Gasteiger charge is 2.22. The van der Waals surface area contributed by atoms with Crippen LogP contribution in [-0.2, 0) is 0 Å². The first-order valence-corrected chi connectivity index (χ1v) is 7.37. The summed E-state index contributed by atoms with van der Waals surface area (Å²) in [5, 5.41) is 10.00. The zero-order chi connectivity index (χ0) is 14.1. The van der Waals surface area contributed by atoms with Crippen molar-refractivity contribution in [2.24, 2.45) is 0 Å². The van der Waals surface area contributed by atoms with Gasteiger partial charge in [0.2, 0.25) is 0 Å². The van der Waals surface area contributed by atoms with Gasteiger partial charge in [0.15, 0.2) is 0 Å². The van der Waals surface area contributed by atoms with Crippen molar-refractivity contribution in [1.29, 1.82) is 0 Å². The normalized spacial score (nSPS) is 14.8. The summed E-state index contributed by atoms with van der Waals surface area (Å²) in [5.41, 5.74) is 1.03. The standard InChI is InChI=1S/C15H15NO3S/c1-19-12-6-10(5-11(7-12)15(17)18)14-16-8-13(20-14)9-3-2-4-9/h5-9H,2-4H2,1H3,(H,17,18). The van der Waals surface area contributed by atoms with E-state index in [0.29, 0.717) is 11.7 Å². The van der Waals surface area contributed by atoms with Gasteiger partial charge in [-0.3, -0.25) is 0 Å². The maximum Gasteiger partial charge on any atom is 0.335 e. The topological polar surface area (TPSA) is 59.4 Å². The van der Waals surface area contributed by atoms with Gasteiger partial charge in [0, 0.05) is 16.6 Å². The largest absolute Gasteiger partial charge is 0.497 e. The molecule has 1 N–H and O–H groups in total. The number of methoxy groups -OCH3 is 1. The maximum absolute atomic E-state index is 11.1. The molecule has 1 heterocycles. The summed E-state index contributed by atoms with van der Waals surface area (Å²) in [4.78, 5) is 16.9. The van der Waals surface area contributed by atoms with Crippen molar-refractivity contribution in [1.82, 2.24) is 4.98 Å². The van der Waals surface area contributed by atoms with Crippen molar-refractivity contribution in [3.05, 3.63) is 34.8 Å². The number of rotatable bonds is 4. The van der Waals surface area contributed by atoms with Crippen LogP contribution in [0.25, 0.3) is 10.6 Å². The zero-order valence-corrected chi connectivity index (χ0v) is 11.9. The summed E-state index contributed by atoms with van der Waals surface area (Å²) in [6.45, 7) is 0.